The second-order valence-electron chi connectivity index (χ2n) is 5.91. The molecule has 1 aromatic heterocycles. The Balaban J connectivity index is 2.19. The number of ether oxygens (including phenoxy) is 1. The number of hydrogen-bond acceptors (Lipinski definition) is 4. The van der Waals surface area contributed by atoms with Crippen molar-refractivity contribution in [3.8, 4) is 0 Å². The molecule has 1 fully saturated rings. The lowest BCUT2D eigenvalue weighted by Crippen LogP contribution is -2.32. The molecule has 0 atom stereocenters. The Labute approximate surface area is 122 Å². The van der Waals surface area contributed by atoms with Gasteiger partial charge in [0.05, 0.1) is 6.61 Å². The molecule has 2 rings (SSSR count). The number of nitrogens with zero attached hydrogens (tertiary/aromatic N) is 2. The summed E-state index contributed by atoms with van der Waals surface area (Å²) in [6, 6.07) is 3.38. The molecule has 1 aliphatic carbocycles. The summed E-state index contributed by atoms with van der Waals surface area (Å²) in [5, 5.41) is 3.49. The zero-order valence-corrected chi connectivity index (χ0v) is 13.1. The van der Waals surface area contributed by atoms with Crippen LogP contribution < -0.4 is 10.2 Å². The van der Waals surface area contributed by atoms with Crippen LogP contribution in [-0.2, 0) is 11.3 Å². The SMILES string of the molecule is COCCN(c1cc(C)ncc1CNC(C)C)C1CC1. The molecule has 1 saturated carbocycles. The molecule has 112 valence electrons. The lowest BCUT2D eigenvalue weighted by Gasteiger charge is -2.27. The predicted octanol–water partition coefficient (Wildman–Crippen LogP) is 2.50. The van der Waals surface area contributed by atoms with Crippen molar-refractivity contribution in [1.82, 2.24) is 10.3 Å². The fourth-order valence-electron chi connectivity index (χ4n) is 2.37. The van der Waals surface area contributed by atoms with Crippen LogP contribution in [0, 0.1) is 6.92 Å². The van der Waals surface area contributed by atoms with Gasteiger partial charge in [-0.25, -0.2) is 0 Å². The summed E-state index contributed by atoms with van der Waals surface area (Å²) in [6.07, 6.45) is 4.60. The Hall–Kier alpha value is -1.13. The summed E-state index contributed by atoms with van der Waals surface area (Å²) in [5.74, 6) is 0. The molecule has 0 bridgehead atoms. The van der Waals surface area contributed by atoms with E-state index in [1.54, 1.807) is 7.11 Å². The summed E-state index contributed by atoms with van der Waals surface area (Å²) in [5.41, 5.74) is 3.69. The van der Waals surface area contributed by atoms with Gasteiger partial charge in [0.2, 0.25) is 0 Å². The molecule has 0 aliphatic heterocycles. The van der Waals surface area contributed by atoms with Crippen molar-refractivity contribution in [1.29, 1.82) is 0 Å². The van der Waals surface area contributed by atoms with Gasteiger partial charge in [-0.05, 0) is 25.8 Å². The molecule has 4 heteroatoms. The third-order valence-electron chi connectivity index (χ3n) is 3.63. The maximum atomic E-state index is 5.27. The lowest BCUT2D eigenvalue weighted by atomic mass is 10.1. The van der Waals surface area contributed by atoms with E-state index in [1.807, 2.05) is 6.20 Å². The van der Waals surface area contributed by atoms with Gasteiger partial charge < -0.3 is 15.0 Å². The fourth-order valence-corrected chi connectivity index (χ4v) is 2.37. The molecule has 0 unspecified atom stereocenters. The number of anilines is 1. The minimum absolute atomic E-state index is 0.484. The number of aromatic nitrogens is 1. The minimum Gasteiger partial charge on any atom is -0.383 e. The highest BCUT2D eigenvalue weighted by Gasteiger charge is 2.30. The topological polar surface area (TPSA) is 37.4 Å². The predicted molar refractivity (Wildman–Crippen MR) is 83.2 cm³/mol. The van der Waals surface area contributed by atoms with Gasteiger partial charge in [-0.15, -0.1) is 0 Å². The van der Waals surface area contributed by atoms with Crippen LogP contribution in [0.3, 0.4) is 0 Å². The van der Waals surface area contributed by atoms with Gasteiger partial charge in [0.15, 0.2) is 0 Å². The third-order valence-corrected chi connectivity index (χ3v) is 3.63. The number of methoxy groups -OCH3 is 1. The maximum Gasteiger partial charge on any atom is 0.0637 e. The van der Waals surface area contributed by atoms with Crippen LogP contribution in [0.1, 0.15) is 37.9 Å². The number of aryl methyl sites for hydroxylation is 1. The van der Waals surface area contributed by atoms with Crippen molar-refractivity contribution in [3.63, 3.8) is 0 Å². The third kappa shape index (κ3) is 4.18. The Kier molecular flexibility index (Phi) is 5.38. The van der Waals surface area contributed by atoms with Crippen LogP contribution in [0.15, 0.2) is 12.3 Å². The summed E-state index contributed by atoms with van der Waals surface area (Å²) >= 11 is 0. The molecule has 0 radical (unpaired) electrons. The Morgan fingerprint density at radius 2 is 2.20 bits per heavy atom. The zero-order chi connectivity index (χ0) is 14.5. The molecule has 1 heterocycles. The Bertz CT molecular complexity index is 430. The van der Waals surface area contributed by atoms with Crippen LogP contribution in [0.4, 0.5) is 5.69 Å². The monoisotopic (exact) mass is 277 g/mol. The Morgan fingerprint density at radius 3 is 2.80 bits per heavy atom. The van der Waals surface area contributed by atoms with E-state index in [1.165, 1.54) is 24.1 Å². The van der Waals surface area contributed by atoms with Crippen molar-refractivity contribution in [2.75, 3.05) is 25.2 Å². The lowest BCUT2D eigenvalue weighted by molar-refractivity contribution is 0.205. The maximum absolute atomic E-state index is 5.27. The number of nitrogens with one attached hydrogen (secondary N) is 1. The smallest absolute Gasteiger partial charge is 0.0637 e. The highest BCUT2D eigenvalue weighted by molar-refractivity contribution is 5.55. The number of rotatable bonds is 8. The first-order valence-electron chi connectivity index (χ1n) is 7.56. The quantitative estimate of drug-likeness (QED) is 0.792. The van der Waals surface area contributed by atoms with Gasteiger partial charge in [0, 0.05) is 55.4 Å². The van der Waals surface area contributed by atoms with Crippen molar-refractivity contribution >= 4 is 5.69 Å². The fraction of sp³-hybridized carbons (Fsp3) is 0.688. The van der Waals surface area contributed by atoms with E-state index in [0.29, 0.717) is 12.1 Å². The van der Waals surface area contributed by atoms with Gasteiger partial charge in [0.25, 0.3) is 0 Å². The van der Waals surface area contributed by atoms with E-state index in [4.69, 9.17) is 4.74 Å². The van der Waals surface area contributed by atoms with Crippen LogP contribution in [0.25, 0.3) is 0 Å². The summed E-state index contributed by atoms with van der Waals surface area (Å²) in [4.78, 5) is 6.96. The molecule has 0 saturated heterocycles. The highest BCUT2D eigenvalue weighted by Crippen LogP contribution is 2.33. The van der Waals surface area contributed by atoms with E-state index in [0.717, 1.165) is 25.4 Å². The second kappa shape index (κ2) is 7.04. The molecule has 1 aliphatic rings. The number of pyridine rings is 1. The summed E-state index contributed by atoms with van der Waals surface area (Å²) in [7, 11) is 1.77. The van der Waals surface area contributed by atoms with Gasteiger partial charge in [0.1, 0.15) is 0 Å². The molecule has 20 heavy (non-hydrogen) atoms. The van der Waals surface area contributed by atoms with E-state index in [-0.39, 0.29) is 0 Å². The minimum atomic E-state index is 0.484. The number of hydrogen-bond donors (Lipinski definition) is 1. The molecule has 1 aromatic rings. The Morgan fingerprint density at radius 1 is 1.45 bits per heavy atom. The molecule has 4 nitrogen and oxygen atoms in total. The van der Waals surface area contributed by atoms with Crippen LogP contribution in [-0.4, -0.2) is 37.3 Å². The van der Waals surface area contributed by atoms with Crippen LogP contribution in [0.2, 0.25) is 0 Å². The first-order chi connectivity index (χ1) is 9.61. The normalized spacial score (nSPS) is 14.8. The van der Waals surface area contributed by atoms with Crippen LogP contribution in [0.5, 0.6) is 0 Å². The van der Waals surface area contributed by atoms with Gasteiger partial charge in [-0.2, -0.15) is 0 Å². The second-order valence-corrected chi connectivity index (χ2v) is 5.91. The standard InChI is InChI=1S/C16H27N3O/c1-12(2)17-10-14-11-18-13(3)9-16(14)19(7-8-20-4)15-5-6-15/h9,11-12,15,17H,5-8,10H2,1-4H3. The van der Waals surface area contributed by atoms with Crippen molar-refractivity contribution in [2.45, 2.75) is 52.2 Å². The van der Waals surface area contributed by atoms with Crippen LogP contribution >= 0.6 is 0 Å². The molecule has 0 spiro atoms. The molecule has 1 N–H and O–H groups in total. The molecular formula is C16H27N3O. The zero-order valence-electron chi connectivity index (χ0n) is 13.1. The highest BCUT2D eigenvalue weighted by atomic mass is 16.5. The average Bonchev–Trinajstić information content (AvgIpc) is 3.22. The molecular weight excluding hydrogens is 250 g/mol. The van der Waals surface area contributed by atoms with E-state index >= 15 is 0 Å². The van der Waals surface area contributed by atoms with Gasteiger partial charge >= 0.3 is 0 Å². The summed E-state index contributed by atoms with van der Waals surface area (Å²) in [6.45, 7) is 9.00. The van der Waals surface area contributed by atoms with Gasteiger partial charge in [-0.1, -0.05) is 13.8 Å². The van der Waals surface area contributed by atoms with Gasteiger partial charge in [-0.3, -0.25) is 4.98 Å². The largest absolute Gasteiger partial charge is 0.383 e. The van der Waals surface area contributed by atoms with Crippen molar-refractivity contribution in [3.05, 3.63) is 23.5 Å². The first-order valence-corrected chi connectivity index (χ1v) is 7.56. The summed E-state index contributed by atoms with van der Waals surface area (Å²) < 4.78 is 5.27. The first kappa shape index (κ1) is 15.3. The van der Waals surface area contributed by atoms with E-state index in [2.05, 4.69) is 42.0 Å². The van der Waals surface area contributed by atoms with E-state index < -0.39 is 0 Å². The molecule has 0 amide bonds. The van der Waals surface area contributed by atoms with Crippen molar-refractivity contribution < 1.29 is 4.74 Å². The average molecular weight is 277 g/mol. The van der Waals surface area contributed by atoms with E-state index in [9.17, 15) is 0 Å². The molecule has 0 aromatic carbocycles. The van der Waals surface area contributed by atoms with Crippen molar-refractivity contribution in [2.24, 2.45) is 0 Å².